The van der Waals surface area contributed by atoms with Crippen LogP contribution in [0.25, 0.3) is 0 Å². The second kappa shape index (κ2) is 6.51. The van der Waals surface area contributed by atoms with Gasteiger partial charge in [-0.25, -0.2) is 8.42 Å². The fraction of sp³-hybridized carbons (Fsp3) is 0.133. The third-order valence-electron chi connectivity index (χ3n) is 2.90. The van der Waals surface area contributed by atoms with Crippen molar-refractivity contribution in [3.05, 3.63) is 60.2 Å². The van der Waals surface area contributed by atoms with Crippen molar-refractivity contribution in [2.45, 2.75) is 11.4 Å². The van der Waals surface area contributed by atoms with E-state index in [0.29, 0.717) is 12.2 Å². The first-order valence-electron chi connectivity index (χ1n) is 6.38. The van der Waals surface area contributed by atoms with Crippen LogP contribution in [0.15, 0.2) is 59.5 Å². The molecule has 0 bridgehead atoms. The molecule has 0 spiro atoms. The highest BCUT2D eigenvalue weighted by atomic mass is 32.2. The number of hydrogen-bond acceptors (Lipinski definition) is 4. The summed E-state index contributed by atoms with van der Waals surface area (Å²) in [5.41, 5.74) is 6.96. The summed E-state index contributed by atoms with van der Waals surface area (Å²) >= 11 is 0. The number of benzene rings is 2. The highest BCUT2D eigenvalue weighted by Gasteiger charge is 2.18. The smallest absolute Gasteiger partial charge is 0.239 e. The summed E-state index contributed by atoms with van der Waals surface area (Å²) in [5.74, 6) is -1.16. The Morgan fingerprint density at radius 2 is 1.62 bits per heavy atom. The van der Waals surface area contributed by atoms with Gasteiger partial charge in [0.2, 0.25) is 5.91 Å². The normalized spacial score (nSPS) is 11.1. The lowest BCUT2D eigenvalue weighted by Crippen LogP contribution is -2.23. The number of rotatable bonds is 5. The van der Waals surface area contributed by atoms with E-state index in [1.165, 1.54) is 12.1 Å². The molecule has 3 N–H and O–H groups in total. The highest BCUT2D eigenvalue weighted by Crippen LogP contribution is 2.12. The average molecular weight is 304 g/mol. The van der Waals surface area contributed by atoms with Crippen molar-refractivity contribution in [1.29, 1.82) is 0 Å². The van der Waals surface area contributed by atoms with E-state index >= 15 is 0 Å². The van der Waals surface area contributed by atoms with Crippen LogP contribution in [0.2, 0.25) is 0 Å². The molecule has 110 valence electrons. The SMILES string of the molecule is NCc1ccc(NC(=O)CS(=O)(=O)c2ccccc2)cc1. The first-order chi connectivity index (χ1) is 10.0. The predicted octanol–water partition coefficient (Wildman–Crippen LogP) is 1.56. The Morgan fingerprint density at radius 3 is 2.19 bits per heavy atom. The van der Waals surface area contributed by atoms with Crippen LogP contribution in [0.5, 0.6) is 0 Å². The summed E-state index contributed by atoms with van der Waals surface area (Å²) in [6.07, 6.45) is 0. The Balaban J connectivity index is 2.04. The van der Waals surface area contributed by atoms with E-state index in [1.54, 1.807) is 42.5 Å². The molecule has 0 saturated heterocycles. The topological polar surface area (TPSA) is 89.3 Å². The fourth-order valence-corrected chi connectivity index (χ4v) is 2.96. The maximum absolute atomic E-state index is 12.1. The first-order valence-corrected chi connectivity index (χ1v) is 8.03. The minimum Gasteiger partial charge on any atom is -0.326 e. The van der Waals surface area contributed by atoms with Crippen LogP contribution in [0, 0.1) is 0 Å². The van der Waals surface area contributed by atoms with Crippen LogP contribution in [0.4, 0.5) is 5.69 Å². The monoisotopic (exact) mass is 304 g/mol. The van der Waals surface area contributed by atoms with Gasteiger partial charge in [0.1, 0.15) is 5.75 Å². The molecule has 0 aliphatic carbocycles. The standard InChI is InChI=1S/C15H16N2O3S/c16-10-12-6-8-13(9-7-12)17-15(18)11-21(19,20)14-4-2-1-3-5-14/h1-9H,10-11,16H2,(H,17,18). The maximum Gasteiger partial charge on any atom is 0.239 e. The third-order valence-corrected chi connectivity index (χ3v) is 4.53. The van der Waals surface area contributed by atoms with Gasteiger partial charge in [0.15, 0.2) is 9.84 Å². The largest absolute Gasteiger partial charge is 0.326 e. The fourth-order valence-electron chi connectivity index (χ4n) is 1.80. The highest BCUT2D eigenvalue weighted by molar-refractivity contribution is 7.92. The number of carbonyl (C=O) groups excluding carboxylic acids is 1. The molecule has 1 amide bonds. The lowest BCUT2D eigenvalue weighted by molar-refractivity contribution is -0.113. The Kier molecular flexibility index (Phi) is 4.72. The molecule has 0 radical (unpaired) electrons. The van der Waals surface area contributed by atoms with Gasteiger partial charge in [0, 0.05) is 12.2 Å². The summed E-state index contributed by atoms with van der Waals surface area (Å²) < 4.78 is 24.1. The molecule has 0 fully saturated rings. The van der Waals surface area contributed by atoms with Gasteiger partial charge in [-0.05, 0) is 29.8 Å². The molecule has 0 aliphatic rings. The third kappa shape index (κ3) is 4.14. The van der Waals surface area contributed by atoms with Crippen molar-refractivity contribution in [2.75, 3.05) is 11.1 Å². The molecule has 2 aromatic carbocycles. The van der Waals surface area contributed by atoms with E-state index in [1.807, 2.05) is 0 Å². The quantitative estimate of drug-likeness (QED) is 0.877. The number of amides is 1. The summed E-state index contributed by atoms with van der Waals surface area (Å²) in [7, 11) is -3.62. The summed E-state index contributed by atoms with van der Waals surface area (Å²) in [5, 5.41) is 2.56. The van der Waals surface area contributed by atoms with Gasteiger partial charge in [-0.15, -0.1) is 0 Å². The average Bonchev–Trinajstić information content (AvgIpc) is 2.48. The molecule has 0 atom stereocenters. The lowest BCUT2D eigenvalue weighted by atomic mass is 10.2. The zero-order valence-corrected chi connectivity index (χ0v) is 12.1. The van der Waals surface area contributed by atoms with E-state index in [-0.39, 0.29) is 4.90 Å². The predicted molar refractivity (Wildman–Crippen MR) is 81.5 cm³/mol. The Hall–Kier alpha value is -2.18. The Morgan fingerprint density at radius 1 is 1.00 bits per heavy atom. The minimum absolute atomic E-state index is 0.138. The van der Waals surface area contributed by atoms with Crippen LogP contribution < -0.4 is 11.1 Å². The Labute approximate surface area is 123 Å². The number of nitrogens with two attached hydrogens (primary N) is 1. The van der Waals surface area contributed by atoms with Gasteiger partial charge in [-0.2, -0.15) is 0 Å². The molecular weight excluding hydrogens is 288 g/mol. The molecule has 2 rings (SSSR count). The zero-order chi connectivity index (χ0) is 15.3. The maximum atomic E-state index is 12.1. The number of anilines is 1. The van der Waals surface area contributed by atoms with Crippen molar-refractivity contribution >= 4 is 21.4 Å². The molecule has 6 heteroatoms. The van der Waals surface area contributed by atoms with Crippen LogP contribution in [0.1, 0.15) is 5.56 Å². The molecule has 2 aromatic rings. The molecule has 0 heterocycles. The molecular formula is C15H16N2O3S. The summed E-state index contributed by atoms with van der Waals surface area (Å²) in [6.45, 7) is 0.413. The van der Waals surface area contributed by atoms with Crippen molar-refractivity contribution in [2.24, 2.45) is 5.73 Å². The van der Waals surface area contributed by atoms with Gasteiger partial charge in [0.25, 0.3) is 0 Å². The van der Waals surface area contributed by atoms with E-state index in [4.69, 9.17) is 5.73 Å². The van der Waals surface area contributed by atoms with E-state index in [2.05, 4.69) is 5.32 Å². The minimum atomic E-state index is -3.62. The van der Waals surface area contributed by atoms with Crippen molar-refractivity contribution in [3.8, 4) is 0 Å². The number of sulfone groups is 1. The van der Waals surface area contributed by atoms with Crippen LogP contribution >= 0.6 is 0 Å². The van der Waals surface area contributed by atoms with E-state index in [0.717, 1.165) is 5.56 Å². The number of carbonyl (C=O) groups is 1. The van der Waals surface area contributed by atoms with Gasteiger partial charge in [-0.1, -0.05) is 30.3 Å². The Bertz CT molecular complexity index is 710. The van der Waals surface area contributed by atoms with Gasteiger partial charge in [0.05, 0.1) is 4.90 Å². The second-order valence-electron chi connectivity index (χ2n) is 4.52. The van der Waals surface area contributed by atoms with Crippen LogP contribution in [0.3, 0.4) is 0 Å². The molecule has 0 aliphatic heterocycles. The lowest BCUT2D eigenvalue weighted by Gasteiger charge is -2.07. The van der Waals surface area contributed by atoms with E-state index < -0.39 is 21.5 Å². The molecule has 0 aromatic heterocycles. The zero-order valence-electron chi connectivity index (χ0n) is 11.3. The molecule has 5 nitrogen and oxygen atoms in total. The molecule has 0 unspecified atom stereocenters. The number of hydrogen-bond donors (Lipinski definition) is 2. The van der Waals surface area contributed by atoms with Crippen molar-refractivity contribution in [3.63, 3.8) is 0 Å². The van der Waals surface area contributed by atoms with Gasteiger partial charge >= 0.3 is 0 Å². The summed E-state index contributed by atoms with van der Waals surface area (Å²) in [6, 6.07) is 14.8. The molecule has 21 heavy (non-hydrogen) atoms. The van der Waals surface area contributed by atoms with Crippen LogP contribution in [-0.2, 0) is 21.2 Å². The molecule has 0 saturated carbocycles. The second-order valence-corrected chi connectivity index (χ2v) is 6.51. The van der Waals surface area contributed by atoms with Gasteiger partial charge < -0.3 is 11.1 Å². The van der Waals surface area contributed by atoms with Crippen molar-refractivity contribution < 1.29 is 13.2 Å². The first kappa shape index (κ1) is 15.2. The van der Waals surface area contributed by atoms with Gasteiger partial charge in [-0.3, -0.25) is 4.79 Å². The van der Waals surface area contributed by atoms with E-state index in [9.17, 15) is 13.2 Å². The number of nitrogens with one attached hydrogen (secondary N) is 1. The van der Waals surface area contributed by atoms with Crippen LogP contribution in [-0.4, -0.2) is 20.1 Å². The summed E-state index contributed by atoms with van der Waals surface area (Å²) in [4.78, 5) is 12.0. The van der Waals surface area contributed by atoms with Crippen molar-refractivity contribution in [1.82, 2.24) is 0 Å².